The van der Waals surface area contributed by atoms with E-state index in [9.17, 15) is 4.79 Å². The molecule has 0 unspecified atom stereocenters. The summed E-state index contributed by atoms with van der Waals surface area (Å²) in [4.78, 5) is 11.0. The van der Waals surface area contributed by atoms with E-state index in [-0.39, 0.29) is 5.56 Å². The highest BCUT2D eigenvalue weighted by Gasteiger charge is 2.12. The van der Waals surface area contributed by atoms with Gasteiger partial charge in [-0.25, -0.2) is 9.48 Å². The Morgan fingerprint density at radius 2 is 2.05 bits per heavy atom. The fourth-order valence-corrected chi connectivity index (χ4v) is 2.73. The smallest absolute Gasteiger partial charge is 0.335 e. The summed E-state index contributed by atoms with van der Waals surface area (Å²) in [5.41, 5.74) is 2.16. The molecule has 0 spiro atoms. The van der Waals surface area contributed by atoms with E-state index in [4.69, 9.17) is 16.7 Å². The molecule has 0 radical (unpaired) electrons. The molecule has 0 aliphatic rings. The molecule has 0 fully saturated rings. The Kier molecular flexibility index (Phi) is 3.19. The third kappa shape index (κ3) is 2.17. The third-order valence-corrected chi connectivity index (χ3v) is 3.70. The van der Waals surface area contributed by atoms with Crippen LogP contribution in [0.3, 0.4) is 0 Å². The van der Waals surface area contributed by atoms with Crippen LogP contribution >= 0.6 is 27.5 Å². The van der Waals surface area contributed by atoms with Gasteiger partial charge in [0.2, 0.25) is 0 Å². The summed E-state index contributed by atoms with van der Waals surface area (Å²) in [5.74, 6) is -0.991. The highest BCUT2D eigenvalue weighted by Crippen LogP contribution is 2.27. The Morgan fingerprint density at radius 1 is 1.25 bits per heavy atom. The number of fused-ring (bicyclic) bond motifs is 1. The Balaban J connectivity index is 2.25. The molecule has 0 saturated heterocycles. The maximum absolute atomic E-state index is 11.0. The van der Waals surface area contributed by atoms with E-state index in [1.165, 1.54) is 6.07 Å². The molecule has 1 heterocycles. The fraction of sp³-hybridized carbons (Fsp3) is 0. The number of benzene rings is 2. The minimum atomic E-state index is -0.991. The van der Waals surface area contributed by atoms with Gasteiger partial charge in [0, 0.05) is 9.50 Å². The SMILES string of the molecule is O=C(O)c1ccc2nnn(-c3ccc(Cl)cc3Br)c2c1. The molecule has 0 aliphatic heterocycles. The topological polar surface area (TPSA) is 68.0 Å². The number of rotatable bonds is 2. The highest BCUT2D eigenvalue weighted by molar-refractivity contribution is 9.10. The Bertz CT molecular complexity index is 832. The molecule has 20 heavy (non-hydrogen) atoms. The molecule has 0 atom stereocenters. The van der Waals surface area contributed by atoms with Crippen molar-refractivity contribution in [2.24, 2.45) is 0 Å². The molecular formula is C13H7BrClN3O2. The average Bonchev–Trinajstić information content (AvgIpc) is 2.81. The molecule has 3 aromatic rings. The standard InChI is InChI=1S/C13H7BrClN3O2/c14-9-6-8(15)2-4-11(9)18-12-5-7(13(19)20)1-3-10(12)16-17-18/h1-6H,(H,19,20). The summed E-state index contributed by atoms with van der Waals surface area (Å²) in [6.45, 7) is 0. The van der Waals surface area contributed by atoms with Gasteiger partial charge in [-0.05, 0) is 52.3 Å². The number of nitrogens with zero attached hydrogens (tertiary/aromatic N) is 3. The molecule has 1 N–H and O–H groups in total. The normalized spacial score (nSPS) is 10.9. The lowest BCUT2D eigenvalue weighted by molar-refractivity contribution is 0.0697. The molecule has 2 aromatic carbocycles. The average molecular weight is 353 g/mol. The van der Waals surface area contributed by atoms with Crippen molar-refractivity contribution < 1.29 is 9.90 Å². The molecule has 0 amide bonds. The van der Waals surface area contributed by atoms with Crippen LogP contribution in [-0.4, -0.2) is 26.1 Å². The first-order chi connectivity index (χ1) is 9.56. The maximum atomic E-state index is 11.0. The minimum Gasteiger partial charge on any atom is -0.478 e. The zero-order chi connectivity index (χ0) is 14.3. The second-order valence-electron chi connectivity index (χ2n) is 4.11. The van der Waals surface area contributed by atoms with Gasteiger partial charge in [-0.3, -0.25) is 0 Å². The molecule has 1 aromatic heterocycles. The van der Waals surface area contributed by atoms with E-state index >= 15 is 0 Å². The molecule has 7 heteroatoms. The lowest BCUT2D eigenvalue weighted by atomic mass is 10.2. The minimum absolute atomic E-state index is 0.186. The summed E-state index contributed by atoms with van der Waals surface area (Å²) in [6, 6.07) is 9.93. The van der Waals surface area contributed by atoms with Gasteiger partial charge in [0.05, 0.1) is 16.8 Å². The zero-order valence-corrected chi connectivity index (χ0v) is 12.3. The van der Waals surface area contributed by atoms with E-state index in [1.807, 2.05) is 0 Å². The van der Waals surface area contributed by atoms with Gasteiger partial charge in [-0.15, -0.1) is 5.10 Å². The van der Waals surface area contributed by atoms with Crippen LogP contribution in [-0.2, 0) is 0 Å². The van der Waals surface area contributed by atoms with Crippen LogP contribution < -0.4 is 0 Å². The quantitative estimate of drug-likeness (QED) is 0.766. The predicted octanol–water partition coefficient (Wildman–Crippen LogP) is 3.53. The number of hydrogen-bond acceptors (Lipinski definition) is 3. The Hall–Kier alpha value is -1.92. The fourth-order valence-electron chi connectivity index (χ4n) is 1.88. The van der Waals surface area contributed by atoms with Crippen LogP contribution in [0.25, 0.3) is 16.7 Å². The maximum Gasteiger partial charge on any atom is 0.335 e. The first-order valence-electron chi connectivity index (χ1n) is 5.60. The second kappa shape index (κ2) is 4.88. The van der Waals surface area contributed by atoms with Gasteiger partial charge in [0.25, 0.3) is 0 Å². The van der Waals surface area contributed by atoms with Crippen LogP contribution in [0, 0.1) is 0 Å². The number of carboxylic acids is 1. The number of aromatic nitrogens is 3. The van der Waals surface area contributed by atoms with E-state index in [0.717, 1.165) is 10.2 Å². The third-order valence-electron chi connectivity index (χ3n) is 2.83. The van der Waals surface area contributed by atoms with Crippen LogP contribution in [0.15, 0.2) is 40.9 Å². The molecule has 0 saturated carbocycles. The summed E-state index contributed by atoms with van der Waals surface area (Å²) < 4.78 is 2.32. The lowest BCUT2D eigenvalue weighted by Gasteiger charge is -2.05. The first kappa shape index (κ1) is 13.1. The van der Waals surface area contributed by atoms with Gasteiger partial charge in [0.15, 0.2) is 0 Å². The van der Waals surface area contributed by atoms with E-state index in [1.54, 1.807) is 35.0 Å². The largest absolute Gasteiger partial charge is 0.478 e. The van der Waals surface area contributed by atoms with Crippen LogP contribution in [0.1, 0.15) is 10.4 Å². The van der Waals surface area contributed by atoms with E-state index in [0.29, 0.717) is 16.1 Å². The lowest BCUT2D eigenvalue weighted by Crippen LogP contribution is -2.00. The predicted molar refractivity (Wildman–Crippen MR) is 78.5 cm³/mol. The zero-order valence-electron chi connectivity index (χ0n) is 9.92. The van der Waals surface area contributed by atoms with Crippen molar-refractivity contribution in [3.8, 4) is 5.69 Å². The summed E-state index contributed by atoms with van der Waals surface area (Å²) in [6.07, 6.45) is 0. The summed E-state index contributed by atoms with van der Waals surface area (Å²) >= 11 is 9.32. The van der Waals surface area contributed by atoms with Crippen molar-refractivity contribution >= 4 is 44.5 Å². The van der Waals surface area contributed by atoms with Crippen LogP contribution in [0.5, 0.6) is 0 Å². The number of hydrogen-bond donors (Lipinski definition) is 1. The van der Waals surface area contributed by atoms with Crippen molar-refractivity contribution in [3.05, 3.63) is 51.5 Å². The Morgan fingerprint density at radius 3 is 2.75 bits per heavy atom. The number of carboxylic acid groups (broad SMARTS) is 1. The van der Waals surface area contributed by atoms with Crippen molar-refractivity contribution in [2.45, 2.75) is 0 Å². The summed E-state index contributed by atoms with van der Waals surface area (Å²) in [7, 11) is 0. The van der Waals surface area contributed by atoms with E-state index < -0.39 is 5.97 Å². The first-order valence-corrected chi connectivity index (χ1v) is 6.77. The molecule has 100 valence electrons. The number of carbonyl (C=O) groups is 1. The van der Waals surface area contributed by atoms with Crippen LogP contribution in [0.2, 0.25) is 5.02 Å². The Labute approximate surface area is 126 Å². The molecule has 3 rings (SSSR count). The van der Waals surface area contributed by atoms with Gasteiger partial charge in [-0.2, -0.15) is 0 Å². The molecule has 5 nitrogen and oxygen atoms in total. The monoisotopic (exact) mass is 351 g/mol. The van der Waals surface area contributed by atoms with Gasteiger partial charge in [-0.1, -0.05) is 16.8 Å². The highest BCUT2D eigenvalue weighted by atomic mass is 79.9. The van der Waals surface area contributed by atoms with E-state index in [2.05, 4.69) is 26.2 Å². The molecule has 0 bridgehead atoms. The van der Waals surface area contributed by atoms with Crippen molar-refractivity contribution in [3.63, 3.8) is 0 Å². The van der Waals surface area contributed by atoms with Crippen molar-refractivity contribution in [1.29, 1.82) is 0 Å². The van der Waals surface area contributed by atoms with Crippen LogP contribution in [0.4, 0.5) is 0 Å². The molecule has 0 aliphatic carbocycles. The van der Waals surface area contributed by atoms with Gasteiger partial charge < -0.3 is 5.11 Å². The molecular weight excluding hydrogens is 346 g/mol. The van der Waals surface area contributed by atoms with Crippen molar-refractivity contribution in [2.75, 3.05) is 0 Å². The summed E-state index contributed by atoms with van der Waals surface area (Å²) in [5, 5.41) is 17.7. The number of aromatic carboxylic acids is 1. The van der Waals surface area contributed by atoms with Gasteiger partial charge >= 0.3 is 5.97 Å². The van der Waals surface area contributed by atoms with Gasteiger partial charge in [0.1, 0.15) is 5.52 Å². The number of halogens is 2. The second-order valence-corrected chi connectivity index (χ2v) is 5.40. The van der Waals surface area contributed by atoms with Crippen molar-refractivity contribution in [1.82, 2.24) is 15.0 Å².